The van der Waals surface area contributed by atoms with Crippen LogP contribution in [-0.2, 0) is 9.47 Å². The summed E-state index contributed by atoms with van der Waals surface area (Å²) in [5.74, 6) is 0.855. The van der Waals surface area contributed by atoms with E-state index >= 15 is 0 Å². The Kier molecular flexibility index (Phi) is 4.36. The fourth-order valence-electron chi connectivity index (χ4n) is 1.78. The maximum absolute atomic E-state index is 5.75. The number of benzene rings is 1. The van der Waals surface area contributed by atoms with Crippen LogP contribution in [-0.4, -0.2) is 45.6 Å². The Morgan fingerprint density at radius 1 is 1.35 bits per heavy atom. The Hall–Kier alpha value is -1.10. The molecule has 94 valence electrons. The largest absolute Gasteiger partial charge is 0.490 e. The van der Waals surface area contributed by atoms with Gasteiger partial charge in [0.1, 0.15) is 18.0 Å². The summed E-state index contributed by atoms with van der Waals surface area (Å²) in [4.78, 5) is 0. The van der Waals surface area contributed by atoms with E-state index in [0.717, 1.165) is 25.4 Å². The van der Waals surface area contributed by atoms with Crippen molar-refractivity contribution < 1.29 is 14.2 Å². The fourth-order valence-corrected chi connectivity index (χ4v) is 1.78. The summed E-state index contributed by atoms with van der Waals surface area (Å²) in [5.41, 5.74) is -0.396. The molecule has 0 saturated carbocycles. The topological polar surface area (TPSA) is 39.7 Å². The second-order valence-corrected chi connectivity index (χ2v) is 4.22. The van der Waals surface area contributed by atoms with Gasteiger partial charge in [0.2, 0.25) is 0 Å². The molecule has 1 unspecified atom stereocenters. The number of para-hydroxylation sites is 1. The molecule has 0 amide bonds. The second kappa shape index (κ2) is 6.00. The van der Waals surface area contributed by atoms with Crippen molar-refractivity contribution in [1.29, 1.82) is 0 Å². The van der Waals surface area contributed by atoms with Crippen LogP contribution in [0.15, 0.2) is 30.3 Å². The van der Waals surface area contributed by atoms with Gasteiger partial charge in [0.25, 0.3) is 0 Å². The lowest BCUT2D eigenvalue weighted by molar-refractivity contribution is -0.0834. The van der Waals surface area contributed by atoms with Crippen LogP contribution in [0.25, 0.3) is 0 Å². The maximum atomic E-state index is 5.75. The number of hydrogen-bond donors (Lipinski definition) is 1. The maximum Gasteiger partial charge on any atom is 0.137 e. The van der Waals surface area contributed by atoms with Crippen LogP contribution in [0.1, 0.15) is 0 Å². The van der Waals surface area contributed by atoms with Crippen molar-refractivity contribution in [2.24, 2.45) is 0 Å². The second-order valence-electron chi connectivity index (χ2n) is 4.22. The smallest absolute Gasteiger partial charge is 0.137 e. The van der Waals surface area contributed by atoms with E-state index in [2.05, 4.69) is 5.32 Å². The molecule has 0 spiro atoms. The van der Waals surface area contributed by atoms with E-state index in [-0.39, 0.29) is 0 Å². The third kappa shape index (κ3) is 3.43. The van der Waals surface area contributed by atoms with E-state index < -0.39 is 5.60 Å². The zero-order valence-corrected chi connectivity index (χ0v) is 10.1. The van der Waals surface area contributed by atoms with Gasteiger partial charge < -0.3 is 19.5 Å². The molecule has 1 N–H and O–H groups in total. The first-order valence-corrected chi connectivity index (χ1v) is 5.86. The number of methoxy groups -OCH3 is 1. The highest BCUT2D eigenvalue weighted by molar-refractivity contribution is 5.21. The molecule has 4 nitrogen and oxygen atoms in total. The first-order chi connectivity index (χ1) is 8.35. The van der Waals surface area contributed by atoms with E-state index in [1.807, 2.05) is 30.3 Å². The minimum Gasteiger partial charge on any atom is -0.490 e. The Balaban J connectivity index is 1.94. The van der Waals surface area contributed by atoms with Crippen LogP contribution in [0.3, 0.4) is 0 Å². The Bertz CT molecular complexity index is 321. The average Bonchev–Trinajstić information content (AvgIpc) is 2.64. The van der Waals surface area contributed by atoms with Crippen molar-refractivity contribution in [1.82, 2.24) is 5.32 Å². The van der Waals surface area contributed by atoms with E-state index in [9.17, 15) is 0 Å². The third-order valence-electron chi connectivity index (χ3n) is 2.91. The van der Waals surface area contributed by atoms with E-state index in [1.165, 1.54) is 0 Å². The molecule has 1 saturated heterocycles. The normalized spacial score (nSPS) is 25.2. The Morgan fingerprint density at radius 2 is 2.18 bits per heavy atom. The molecule has 0 aliphatic carbocycles. The molecule has 17 heavy (non-hydrogen) atoms. The number of ether oxygens (including phenoxy) is 3. The monoisotopic (exact) mass is 237 g/mol. The standard InChI is InChI=1S/C13H19NO3/c1-15-13(9-14-7-8-16-10-13)11-17-12-5-3-2-4-6-12/h2-6,14H,7-11H2,1H3. The summed E-state index contributed by atoms with van der Waals surface area (Å²) in [5, 5.41) is 3.30. The van der Waals surface area contributed by atoms with E-state index in [1.54, 1.807) is 7.11 Å². The van der Waals surface area contributed by atoms with Gasteiger partial charge in [-0.15, -0.1) is 0 Å². The molecule has 1 aromatic carbocycles. The van der Waals surface area contributed by atoms with Gasteiger partial charge >= 0.3 is 0 Å². The van der Waals surface area contributed by atoms with Crippen LogP contribution in [0.2, 0.25) is 0 Å². The summed E-state index contributed by atoms with van der Waals surface area (Å²) < 4.78 is 16.8. The molecule has 0 radical (unpaired) electrons. The lowest BCUT2D eigenvalue weighted by Gasteiger charge is -2.30. The van der Waals surface area contributed by atoms with Gasteiger partial charge in [-0.2, -0.15) is 0 Å². The van der Waals surface area contributed by atoms with Crippen molar-refractivity contribution in [3.63, 3.8) is 0 Å². The predicted molar refractivity (Wildman–Crippen MR) is 65.4 cm³/mol. The third-order valence-corrected chi connectivity index (χ3v) is 2.91. The predicted octanol–water partition coefficient (Wildman–Crippen LogP) is 1.07. The van der Waals surface area contributed by atoms with Gasteiger partial charge in [0, 0.05) is 20.2 Å². The molecule has 1 fully saturated rings. The highest BCUT2D eigenvalue weighted by atomic mass is 16.6. The van der Waals surface area contributed by atoms with Crippen LogP contribution in [0, 0.1) is 0 Å². The highest BCUT2D eigenvalue weighted by Crippen LogP contribution is 2.16. The van der Waals surface area contributed by atoms with Gasteiger partial charge in [-0.05, 0) is 12.1 Å². The number of rotatable bonds is 4. The van der Waals surface area contributed by atoms with Crippen LogP contribution >= 0.6 is 0 Å². The molecule has 4 heteroatoms. The number of hydrogen-bond acceptors (Lipinski definition) is 4. The fraction of sp³-hybridized carbons (Fsp3) is 0.538. The SMILES string of the molecule is COC1(COc2ccccc2)CNCCOC1. The van der Waals surface area contributed by atoms with Crippen LogP contribution in [0.5, 0.6) is 5.75 Å². The summed E-state index contributed by atoms with van der Waals surface area (Å²) >= 11 is 0. The molecule has 1 aliphatic rings. The molecule has 1 atom stereocenters. The van der Waals surface area contributed by atoms with Crippen molar-refractivity contribution in [2.75, 3.05) is 40.0 Å². The molecule has 2 rings (SSSR count). The molecule has 1 aromatic rings. The lowest BCUT2D eigenvalue weighted by Crippen LogP contribution is -2.49. The van der Waals surface area contributed by atoms with E-state index in [0.29, 0.717) is 13.2 Å². The molecule has 0 aromatic heterocycles. The van der Waals surface area contributed by atoms with Gasteiger partial charge in [0.15, 0.2) is 0 Å². The molecular weight excluding hydrogens is 218 g/mol. The summed E-state index contributed by atoms with van der Waals surface area (Å²) in [7, 11) is 1.70. The number of nitrogens with one attached hydrogen (secondary N) is 1. The first-order valence-electron chi connectivity index (χ1n) is 5.86. The summed E-state index contributed by atoms with van der Waals surface area (Å²) in [6.07, 6.45) is 0. The zero-order chi connectivity index (χ0) is 12.0. The van der Waals surface area contributed by atoms with Gasteiger partial charge in [-0.25, -0.2) is 0 Å². The molecule has 0 bridgehead atoms. The van der Waals surface area contributed by atoms with Crippen LogP contribution in [0.4, 0.5) is 0 Å². The van der Waals surface area contributed by atoms with Gasteiger partial charge in [0.05, 0.1) is 13.2 Å². The quantitative estimate of drug-likeness (QED) is 0.850. The molecule has 1 aliphatic heterocycles. The summed E-state index contributed by atoms with van der Waals surface area (Å²) in [6, 6.07) is 9.76. The molecule has 1 heterocycles. The Labute approximate surface area is 102 Å². The average molecular weight is 237 g/mol. The minimum absolute atomic E-state index is 0.396. The minimum atomic E-state index is -0.396. The van der Waals surface area contributed by atoms with Crippen LogP contribution < -0.4 is 10.1 Å². The van der Waals surface area contributed by atoms with Crippen molar-refractivity contribution in [3.05, 3.63) is 30.3 Å². The van der Waals surface area contributed by atoms with Crippen molar-refractivity contribution >= 4 is 0 Å². The van der Waals surface area contributed by atoms with E-state index in [4.69, 9.17) is 14.2 Å². The first kappa shape index (κ1) is 12.4. The molecular formula is C13H19NO3. The summed E-state index contributed by atoms with van der Waals surface area (Å²) in [6.45, 7) is 3.37. The van der Waals surface area contributed by atoms with Gasteiger partial charge in [-0.1, -0.05) is 18.2 Å². The lowest BCUT2D eigenvalue weighted by atomic mass is 10.1. The van der Waals surface area contributed by atoms with Gasteiger partial charge in [-0.3, -0.25) is 0 Å². The van der Waals surface area contributed by atoms with Crippen molar-refractivity contribution in [3.8, 4) is 5.75 Å². The van der Waals surface area contributed by atoms with Crippen molar-refractivity contribution in [2.45, 2.75) is 5.60 Å². The highest BCUT2D eigenvalue weighted by Gasteiger charge is 2.32. The Morgan fingerprint density at radius 3 is 2.94 bits per heavy atom. The zero-order valence-electron chi connectivity index (χ0n) is 10.1.